The number of hydrogen-bond acceptors (Lipinski definition) is 6. The summed E-state index contributed by atoms with van der Waals surface area (Å²) in [6.07, 6.45) is 13.6. The normalized spacial score (nSPS) is 23.7. The van der Waals surface area contributed by atoms with Crippen molar-refractivity contribution in [3.8, 4) is 33.6 Å². The number of aromatic nitrogens is 4. The van der Waals surface area contributed by atoms with E-state index in [4.69, 9.17) is 9.97 Å². The van der Waals surface area contributed by atoms with Gasteiger partial charge in [0.1, 0.15) is 23.7 Å². The molecule has 4 aromatic carbocycles. The van der Waals surface area contributed by atoms with Gasteiger partial charge < -0.3 is 19.8 Å². The molecule has 6 aromatic rings. The van der Waals surface area contributed by atoms with Gasteiger partial charge in [0.05, 0.1) is 35.9 Å². The Bertz CT molecular complexity index is 2490. The van der Waals surface area contributed by atoms with Crippen molar-refractivity contribution in [2.24, 2.45) is 5.92 Å². The molecule has 4 saturated heterocycles. The second-order valence-corrected chi connectivity index (χ2v) is 18.2. The number of amides is 2. The highest BCUT2D eigenvalue weighted by Crippen LogP contribution is 2.51. The number of H-pyrrole nitrogens is 2. The Morgan fingerprint density at radius 3 is 1.60 bits per heavy atom. The molecule has 62 heavy (non-hydrogen) atoms. The van der Waals surface area contributed by atoms with Crippen molar-refractivity contribution in [2.45, 2.75) is 88.0 Å². The number of carbonyl (C=O) groups excluding carboxylic acids is 2. The first-order chi connectivity index (χ1) is 30.6. The van der Waals surface area contributed by atoms with Crippen molar-refractivity contribution in [3.05, 3.63) is 144 Å². The van der Waals surface area contributed by atoms with E-state index in [0.29, 0.717) is 5.92 Å². The summed E-state index contributed by atoms with van der Waals surface area (Å²) in [5.74, 6) is 2.61. The van der Waals surface area contributed by atoms with Gasteiger partial charge in [-0.05, 0) is 123 Å². The van der Waals surface area contributed by atoms with Crippen LogP contribution in [0.5, 0.6) is 0 Å². The van der Waals surface area contributed by atoms with Crippen LogP contribution in [0.25, 0.3) is 33.6 Å². The zero-order chi connectivity index (χ0) is 41.6. The number of hydrogen-bond donors (Lipinski definition) is 2. The highest BCUT2D eigenvalue weighted by atomic mass is 16.2. The number of nitrogens with zero attached hydrogens (tertiary/aromatic N) is 6. The Balaban J connectivity index is 0.773. The summed E-state index contributed by atoms with van der Waals surface area (Å²) in [4.78, 5) is 55.1. The van der Waals surface area contributed by atoms with Crippen molar-refractivity contribution in [1.29, 1.82) is 0 Å². The first-order valence-corrected chi connectivity index (χ1v) is 23.1. The fraction of sp³-hybridized carbons (Fsp3) is 0.385. The molecule has 2 bridgehead atoms. The van der Waals surface area contributed by atoms with Gasteiger partial charge in [-0.25, -0.2) is 9.97 Å². The van der Waals surface area contributed by atoms with Crippen molar-refractivity contribution in [1.82, 2.24) is 39.5 Å². The summed E-state index contributed by atoms with van der Waals surface area (Å²) in [5, 5.41) is 0. The summed E-state index contributed by atoms with van der Waals surface area (Å²) in [7, 11) is 0. The topological polar surface area (TPSA) is 104 Å². The molecule has 5 fully saturated rings. The number of fused-ring (bicyclic) bond motifs is 2. The standard InChI is InChI=1S/C52H56N8O2/c61-51(47(57-27-7-8-28-57)39-12-3-1-4-13-39)59-31-11-16-45(59)49-53-33-43(55-49)37-21-17-35(18-22-37)36-19-23-38(24-20-36)44-34-54-50(56-44)46-41-25-26-42(32-41)60(46)52(62)48(58-29-9-10-30-58)40-14-5-2-6-15-40/h1-6,12-15,17-24,33-34,41-42,45-48H,7-11,16,25-32H2,(H,53,55)(H,54,56)/t41-,42-,45-,46+,47-,48+/m0/s1. The van der Waals surface area contributed by atoms with Crippen LogP contribution in [0.1, 0.15) is 105 Å². The fourth-order valence-electron chi connectivity index (χ4n) is 11.5. The molecule has 1 saturated carbocycles. The number of benzene rings is 4. The Labute approximate surface area is 364 Å². The largest absolute Gasteiger partial charge is 0.340 e. The third-order valence-electron chi connectivity index (χ3n) is 14.6. The highest BCUT2D eigenvalue weighted by Gasteiger charge is 2.52. The van der Waals surface area contributed by atoms with E-state index >= 15 is 0 Å². The number of piperidine rings is 1. The van der Waals surface area contributed by atoms with Crippen LogP contribution in [0.15, 0.2) is 122 Å². The minimum atomic E-state index is -0.250. The number of rotatable bonds is 11. The Kier molecular flexibility index (Phi) is 10.6. The van der Waals surface area contributed by atoms with Crippen molar-refractivity contribution >= 4 is 11.8 Å². The van der Waals surface area contributed by atoms with Gasteiger partial charge in [0.2, 0.25) is 11.8 Å². The summed E-state index contributed by atoms with van der Waals surface area (Å²) in [6, 6.07) is 37.6. The second kappa shape index (κ2) is 16.8. The SMILES string of the molecule is O=C([C@H](c1ccccc1)N1CCCC1)N1CCC[C@H]1c1ncc(-c2ccc(-c3ccc(-c4cnc([C@H]5[C@H]6CC[C@@H](C6)N5C(=O)[C@@H](c5ccccc5)N5CCCC5)[nH]4)cc3)cc2)[nH]1. The molecule has 6 heterocycles. The predicted molar refractivity (Wildman–Crippen MR) is 241 cm³/mol. The highest BCUT2D eigenvalue weighted by molar-refractivity contribution is 5.85. The van der Waals surface area contributed by atoms with Crippen LogP contribution in [0, 0.1) is 5.92 Å². The van der Waals surface area contributed by atoms with Gasteiger partial charge in [-0.3, -0.25) is 19.4 Å². The smallest absolute Gasteiger partial charge is 0.245 e. The van der Waals surface area contributed by atoms with E-state index in [1.807, 2.05) is 36.7 Å². The van der Waals surface area contributed by atoms with E-state index < -0.39 is 0 Å². The van der Waals surface area contributed by atoms with Gasteiger partial charge in [-0.15, -0.1) is 0 Å². The molecule has 11 rings (SSSR count). The van der Waals surface area contributed by atoms with Crippen LogP contribution in [0.3, 0.4) is 0 Å². The maximum atomic E-state index is 14.7. The molecule has 2 aromatic heterocycles. The number of likely N-dealkylation sites (tertiary alicyclic amines) is 4. The van der Waals surface area contributed by atoms with Crippen LogP contribution < -0.4 is 0 Å². The Morgan fingerprint density at radius 2 is 1.03 bits per heavy atom. The molecule has 0 radical (unpaired) electrons. The molecule has 316 valence electrons. The minimum absolute atomic E-state index is 0.0288. The first kappa shape index (κ1) is 39.0. The molecular formula is C52H56N8O2. The summed E-state index contributed by atoms with van der Waals surface area (Å²) >= 11 is 0. The fourth-order valence-corrected chi connectivity index (χ4v) is 11.5. The third kappa shape index (κ3) is 7.26. The monoisotopic (exact) mass is 824 g/mol. The van der Waals surface area contributed by atoms with Crippen LogP contribution in [0.4, 0.5) is 0 Å². The van der Waals surface area contributed by atoms with Gasteiger partial charge in [0.15, 0.2) is 0 Å². The molecule has 1 aliphatic carbocycles. The number of imidazole rings is 2. The molecule has 10 nitrogen and oxygen atoms in total. The Hall–Kier alpha value is -5.84. The summed E-state index contributed by atoms with van der Waals surface area (Å²) < 4.78 is 0. The van der Waals surface area contributed by atoms with Crippen LogP contribution in [0.2, 0.25) is 0 Å². The van der Waals surface area contributed by atoms with E-state index in [-0.39, 0.29) is 42.0 Å². The van der Waals surface area contributed by atoms with Gasteiger partial charge >= 0.3 is 0 Å². The predicted octanol–water partition coefficient (Wildman–Crippen LogP) is 9.52. The lowest BCUT2D eigenvalue weighted by Crippen LogP contribution is -2.47. The van der Waals surface area contributed by atoms with Crippen molar-refractivity contribution in [2.75, 3.05) is 32.7 Å². The average Bonchev–Trinajstić information content (AvgIpc) is 4.18. The Morgan fingerprint density at radius 1 is 0.532 bits per heavy atom. The lowest BCUT2D eigenvalue weighted by atomic mass is 9.96. The van der Waals surface area contributed by atoms with E-state index in [1.165, 1.54) is 0 Å². The maximum Gasteiger partial charge on any atom is 0.245 e. The minimum Gasteiger partial charge on any atom is -0.340 e. The van der Waals surface area contributed by atoms with Crippen molar-refractivity contribution < 1.29 is 9.59 Å². The zero-order valence-electron chi connectivity index (χ0n) is 35.4. The quantitative estimate of drug-likeness (QED) is 0.135. The molecule has 4 aliphatic heterocycles. The van der Waals surface area contributed by atoms with Gasteiger partial charge in [0, 0.05) is 12.6 Å². The van der Waals surface area contributed by atoms with E-state index in [1.54, 1.807) is 0 Å². The van der Waals surface area contributed by atoms with E-state index in [0.717, 1.165) is 147 Å². The number of carbonyl (C=O) groups is 2. The number of aromatic amines is 2. The lowest BCUT2D eigenvalue weighted by Gasteiger charge is -2.39. The zero-order valence-corrected chi connectivity index (χ0v) is 35.4. The molecule has 6 atom stereocenters. The second-order valence-electron chi connectivity index (χ2n) is 18.2. The molecule has 0 unspecified atom stereocenters. The molecular weight excluding hydrogens is 769 g/mol. The average molecular weight is 825 g/mol. The molecule has 5 aliphatic rings. The molecule has 2 amide bonds. The summed E-state index contributed by atoms with van der Waals surface area (Å²) in [5.41, 5.74) is 8.50. The first-order valence-electron chi connectivity index (χ1n) is 23.1. The van der Waals surface area contributed by atoms with Gasteiger partial charge in [-0.1, -0.05) is 109 Å². The van der Waals surface area contributed by atoms with Crippen LogP contribution in [-0.4, -0.2) is 90.1 Å². The molecule has 2 N–H and O–H groups in total. The lowest BCUT2D eigenvalue weighted by molar-refractivity contribution is -0.142. The maximum absolute atomic E-state index is 14.7. The van der Waals surface area contributed by atoms with Gasteiger partial charge in [-0.2, -0.15) is 0 Å². The van der Waals surface area contributed by atoms with Crippen LogP contribution in [-0.2, 0) is 9.59 Å². The van der Waals surface area contributed by atoms with Gasteiger partial charge in [0.25, 0.3) is 0 Å². The van der Waals surface area contributed by atoms with Crippen LogP contribution >= 0.6 is 0 Å². The number of nitrogens with one attached hydrogen (secondary N) is 2. The molecule has 10 heteroatoms. The van der Waals surface area contributed by atoms with Crippen molar-refractivity contribution in [3.63, 3.8) is 0 Å². The third-order valence-corrected chi connectivity index (χ3v) is 14.6. The summed E-state index contributed by atoms with van der Waals surface area (Å²) in [6.45, 7) is 4.60. The van der Waals surface area contributed by atoms with E-state index in [9.17, 15) is 9.59 Å². The van der Waals surface area contributed by atoms with E-state index in [2.05, 4.69) is 114 Å². The molecule has 0 spiro atoms.